The fourth-order valence-electron chi connectivity index (χ4n) is 2.04. The highest BCUT2D eigenvalue weighted by Gasteiger charge is 2.19. The average Bonchev–Trinajstić information content (AvgIpc) is 2.38. The molecule has 90 valence electrons. The third kappa shape index (κ3) is 2.17. The zero-order valence-electron chi connectivity index (χ0n) is 9.67. The molecule has 0 saturated carbocycles. The van der Waals surface area contributed by atoms with Gasteiger partial charge in [0, 0.05) is 0 Å². The van der Waals surface area contributed by atoms with Crippen molar-refractivity contribution in [3.63, 3.8) is 0 Å². The van der Waals surface area contributed by atoms with E-state index in [4.69, 9.17) is 5.11 Å². The van der Waals surface area contributed by atoms with Gasteiger partial charge in [-0.2, -0.15) is 0 Å². The molecule has 0 aliphatic heterocycles. The van der Waals surface area contributed by atoms with E-state index >= 15 is 0 Å². The zero-order chi connectivity index (χ0) is 12.4. The fraction of sp³-hybridized carbons (Fsp3) is 0.286. The van der Waals surface area contributed by atoms with E-state index in [1.807, 2.05) is 37.3 Å². The third-order valence-electron chi connectivity index (χ3n) is 3.05. The maximum absolute atomic E-state index is 9.97. The van der Waals surface area contributed by atoms with Crippen molar-refractivity contribution in [2.24, 2.45) is 0 Å². The van der Waals surface area contributed by atoms with Gasteiger partial charge in [-0.05, 0) is 28.8 Å². The average molecular weight is 232 g/mol. The van der Waals surface area contributed by atoms with Gasteiger partial charge in [-0.15, -0.1) is 0 Å². The number of benzene rings is 2. The van der Waals surface area contributed by atoms with Crippen LogP contribution in [0.2, 0.25) is 0 Å². The number of aryl methyl sites for hydroxylation is 1. The van der Waals surface area contributed by atoms with Crippen molar-refractivity contribution in [2.75, 3.05) is 6.61 Å². The van der Waals surface area contributed by atoms with Crippen LogP contribution >= 0.6 is 0 Å². The molecule has 0 heterocycles. The summed E-state index contributed by atoms with van der Waals surface area (Å²) in [6.07, 6.45) is -2.22. The summed E-state index contributed by atoms with van der Waals surface area (Å²) in [7, 11) is 0. The minimum atomic E-state index is -1.15. The summed E-state index contributed by atoms with van der Waals surface area (Å²) in [5.74, 6) is 0. The van der Waals surface area contributed by atoms with Crippen molar-refractivity contribution >= 4 is 10.8 Å². The molecule has 0 bridgehead atoms. The highest BCUT2D eigenvalue weighted by Crippen LogP contribution is 2.28. The zero-order valence-corrected chi connectivity index (χ0v) is 9.67. The summed E-state index contributed by atoms with van der Waals surface area (Å²) in [5, 5.41) is 30.3. The predicted molar refractivity (Wildman–Crippen MR) is 66.7 cm³/mol. The topological polar surface area (TPSA) is 60.7 Å². The van der Waals surface area contributed by atoms with Crippen LogP contribution in [0.3, 0.4) is 0 Å². The Balaban J connectivity index is 2.59. The molecule has 0 aliphatic rings. The maximum Gasteiger partial charge on any atom is 0.108 e. The Morgan fingerprint density at radius 3 is 2.29 bits per heavy atom. The molecular weight excluding hydrogens is 216 g/mol. The highest BCUT2D eigenvalue weighted by molar-refractivity contribution is 5.88. The lowest BCUT2D eigenvalue weighted by Crippen LogP contribution is -2.22. The molecule has 0 fully saturated rings. The Labute approximate surface area is 100.0 Å². The Bertz CT molecular complexity index is 522. The van der Waals surface area contributed by atoms with Crippen LogP contribution in [0, 0.1) is 6.92 Å². The molecule has 2 aromatic carbocycles. The number of hydrogen-bond acceptors (Lipinski definition) is 3. The molecule has 0 spiro atoms. The van der Waals surface area contributed by atoms with Gasteiger partial charge in [0.05, 0.1) is 6.61 Å². The summed E-state index contributed by atoms with van der Waals surface area (Å²) in [6.45, 7) is 1.55. The van der Waals surface area contributed by atoms with Gasteiger partial charge < -0.3 is 15.3 Å². The first-order valence-electron chi connectivity index (χ1n) is 5.60. The standard InChI is InChI=1S/C14H16O3/c1-9-6-7-12(14(17)13(16)8-15)11-5-3-2-4-10(9)11/h2-7,13-17H,8H2,1H3. The Kier molecular flexibility index (Phi) is 3.43. The van der Waals surface area contributed by atoms with E-state index in [0.717, 1.165) is 16.3 Å². The van der Waals surface area contributed by atoms with Crippen LogP contribution in [0.15, 0.2) is 36.4 Å². The number of aliphatic hydroxyl groups excluding tert-OH is 3. The van der Waals surface area contributed by atoms with E-state index in [2.05, 4.69) is 0 Å². The first-order valence-corrected chi connectivity index (χ1v) is 5.60. The quantitative estimate of drug-likeness (QED) is 0.752. The minimum Gasteiger partial charge on any atom is -0.394 e. The van der Waals surface area contributed by atoms with Gasteiger partial charge >= 0.3 is 0 Å². The van der Waals surface area contributed by atoms with Crippen molar-refractivity contribution < 1.29 is 15.3 Å². The molecule has 3 nitrogen and oxygen atoms in total. The van der Waals surface area contributed by atoms with Crippen LogP contribution in [0.1, 0.15) is 17.2 Å². The molecule has 0 radical (unpaired) electrons. The molecule has 2 aromatic rings. The highest BCUT2D eigenvalue weighted by atomic mass is 16.4. The summed E-state index contributed by atoms with van der Waals surface area (Å²) in [5.41, 5.74) is 1.77. The summed E-state index contributed by atoms with van der Waals surface area (Å²) < 4.78 is 0. The third-order valence-corrected chi connectivity index (χ3v) is 3.05. The number of aliphatic hydroxyl groups is 3. The van der Waals surface area contributed by atoms with Crippen molar-refractivity contribution in [1.82, 2.24) is 0 Å². The number of fused-ring (bicyclic) bond motifs is 1. The molecule has 0 aromatic heterocycles. The molecule has 2 unspecified atom stereocenters. The molecule has 17 heavy (non-hydrogen) atoms. The van der Waals surface area contributed by atoms with Gasteiger partial charge in [0.2, 0.25) is 0 Å². The van der Waals surface area contributed by atoms with Crippen LogP contribution in [0.5, 0.6) is 0 Å². The largest absolute Gasteiger partial charge is 0.394 e. The van der Waals surface area contributed by atoms with E-state index in [9.17, 15) is 10.2 Å². The SMILES string of the molecule is Cc1ccc(C(O)C(O)CO)c2ccccc12. The lowest BCUT2D eigenvalue weighted by Gasteiger charge is -2.18. The van der Waals surface area contributed by atoms with E-state index in [-0.39, 0.29) is 0 Å². The van der Waals surface area contributed by atoms with Crippen molar-refractivity contribution in [3.05, 3.63) is 47.5 Å². The van der Waals surface area contributed by atoms with Crippen molar-refractivity contribution in [2.45, 2.75) is 19.1 Å². The fourth-order valence-corrected chi connectivity index (χ4v) is 2.04. The molecule has 3 N–H and O–H groups in total. The van der Waals surface area contributed by atoms with Gasteiger partial charge in [-0.25, -0.2) is 0 Å². The van der Waals surface area contributed by atoms with Crippen molar-refractivity contribution in [1.29, 1.82) is 0 Å². The number of rotatable bonds is 3. The monoisotopic (exact) mass is 232 g/mol. The minimum absolute atomic E-state index is 0.455. The van der Waals surface area contributed by atoms with Gasteiger partial charge in [0.1, 0.15) is 12.2 Å². The van der Waals surface area contributed by atoms with E-state index in [1.54, 1.807) is 6.07 Å². The first-order chi connectivity index (χ1) is 8.15. The first kappa shape index (κ1) is 12.0. The van der Waals surface area contributed by atoms with Gasteiger partial charge in [0.25, 0.3) is 0 Å². The van der Waals surface area contributed by atoms with Gasteiger partial charge in [-0.1, -0.05) is 36.4 Å². The smallest absolute Gasteiger partial charge is 0.108 e. The molecule has 0 saturated heterocycles. The Morgan fingerprint density at radius 2 is 1.65 bits per heavy atom. The predicted octanol–water partition coefficient (Wildman–Crippen LogP) is 1.53. The van der Waals surface area contributed by atoms with Crippen LogP contribution in [0.4, 0.5) is 0 Å². The molecular formula is C14H16O3. The maximum atomic E-state index is 9.97. The van der Waals surface area contributed by atoms with Gasteiger partial charge in [-0.3, -0.25) is 0 Å². The molecule has 0 amide bonds. The number of hydrogen-bond donors (Lipinski definition) is 3. The van der Waals surface area contributed by atoms with E-state index in [0.29, 0.717) is 5.56 Å². The second-order valence-electron chi connectivity index (χ2n) is 4.21. The summed E-state index contributed by atoms with van der Waals surface area (Å²) >= 11 is 0. The molecule has 2 rings (SSSR count). The van der Waals surface area contributed by atoms with Gasteiger partial charge in [0.15, 0.2) is 0 Å². The van der Waals surface area contributed by atoms with E-state index in [1.165, 1.54) is 0 Å². The summed E-state index contributed by atoms with van der Waals surface area (Å²) in [6, 6.07) is 11.4. The second-order valence-corrected chi connectivity index (χ2v) is 4.21. The normalized spacial score (nSPS) is 14.8. The lowest BCUT2D eigenvalue weighted by molar-refractivity contribution is -0.0145. The summed E-state index contributed by atoms with van der Waals surface area (Å²) in [4.78, 5) is 0. The van der Waals surface area contributed by atoms with Crippen LogP contribution in [-0.4, -0.2) is 28.0 Å². The second kappa shape index (κ2) is 4.84. The lowest BCUT2D eigenvalue weighted by atomic mass is 9.95. The van der Waals surface area contributed by atoms with E-state index < -0.39 is 18.8 Å². The van der Waals surface area contributed by atoms with Crippen LogP contribution in [0.25, 0.3) is 10.8 Å². The molecule has 2 atom stereocenters. The van der Waals surface area contributed by atoms with Crippen LogP contribution < -0.4 is 0 Å². The molecule has 3 heteroatoms. The van der Waals surface area contributed by atoms with Crippen LogP contribution in [-0.2, 0) is 0 Å². The molecule has 0 aliphatic carbocycles. The van der Waals surface area contributed by atoms with Crippen molar-refractivity contribution in [3.8, 4) is 0 Å². The Hall–Kier alpha value is -1.42. The Morgan fingerprint density at radius 1 is 1.00 bits per heavy atom.